The molecule has 2 heterocycles. The van der Waals surface area contributed by atoms with E-state index in [1.807, 2.05) is 13.8 Å². The van der Waals surface area contributed by atoms with Crippen LogP contribution in [0.25, 0.3) is 10.9 Å². The van der Waals surface area contributed by atoms with Gasteiger partial charge in [0.1, 0.15) is 22.4 Å². The van der Waals surface area contributed by atoms with Crippen LogP contribution < -0.4 is 10.4 Å². The Morgan fingerprint density at radius 2 is 1.44 bits per heavy atom. The van der Waals surface area contributed by atoms with Crippen molar-refractivity contribution in [3.05, 3.63) is 30.5 Å². The zero-order valence-electron chi connectivity index (χ0n) is 24.6. The third-order valence-corrected chi connectivity index (χ3v) is 5.21. The van der Waals surface area contributed by atoms with Crippen LogP contribution in [0.3, 0.4) is 0 Å². The van der Waals surface area contributed by atoms with Gasteiger partial charge in [0.05, 0.1) is 11.3 Å². The fourth-order valence-electron chi connectivity index (χ4n) is 3.50. The molecule has 1 fully saturated rings. The number of hydrogen-bond donors (Lipinski definition) is 0. The molecule has 39 heavy (non-hydrogen) atoms. The number of carbonyl (C=O) groups is 3. The van der Waals surface area contributed by atoms with Crippen LogP contribution in [0.1, 0.15) is 76.2 Å². The second-order valence-corrected chi connectivity index (χ2v) is 12.8. The highest BCUT2D eigenvalue weighted by Crippen LogP contribution is 2.32. The fraction of sp³-hybridized carbons (Fsp3) is 0.556. The van der Waals surface area contributed by atoms with E-state index in [1.54, 1.807) is 80.5 Å². The zero-order valence-corrected chi connectivity index (χ0v) is 24.6. The van der Waals surface area contributed by atoms with Crippen molar-refractivity contribution in [2.75, 3.05) is 4.90 Å². The van der Waals surface area contributed by atoms with E-state index in [0.29, 0.717) is 16.1 Å². The van der Waals surface area contributed by atoms with Crippen LogP contribution in [0, 0.1) is 0 Å². The van der Waals surface area contributed by atoms with Crippen LogP contribution in [0.5, 0.6) is 0 Å². The predicted octanol–water partition coefficient (Wildman–Crippen LogP) is 5.53. The summed E-state index contributed by atoms with van der Waals surface area (Å²) < 4.78 is 29.3. The van der Waals surface area contributed by atoms with E-state index in [4.69, 9.17) is 23.5 Å². The summed E-state index contributed by atoms with van der Waals surface area (Å²) in [5, 5.41) is 4.64. The molecule has 0 aliphatic carbocycles. The summed E-state index contributed by atoms with van der Waals surface area (Å²) in [6, 6.07) is 4.92. The molecule has 1 aromatic heterocycles. The van der Waals surface area contributed by atoms with Gasteiger partial charge in [0.2, 0.25) is 0 Å². The third kappa shape index (κ3) is 7.11. The van der Waals surface area contributed by atoms with Crippen LogP contribution in [-0.2, 0) is 23.5 Å². The molecule has 2 aromatic rings. The lowest BCUT2D eigenvalue weighted by Crippen LogP contribution is -2.44. The molecule has 0 spiro atoms. The Bertz CT molecular complexity index is 1280. The summed E-state index contributed by atoms with van der Waals surface area (Å²) in [6.07, 6.45) is -2.85. The van der Waals surface area contributed by atoms with Gasteiger partial charge in [0.25, 0.3) is 0 Å². The molecule has 0 N–H and O–H groups in total. The van der Waals surface area contributed by atoms with Gasteiger partial charge in [0.15, 0.2) is 5.82 Å². The molecule has 0 atom stereocenters. The molecule has 0 radical (unpaired) electrons. The summed E-state index contributed by atoms with van der Waals surface area (Å²) in [7, 11) is -0.796. The lowest BCUT2D eigenvalue weighted by Gasteiger charge is -2.27. The Morgan fingerprint density at radius 3 is 1.87 bits per heavy atom. The van der Waals surface area contributed by atoms with Gasteiger partial charge in [-0.2, -0.15) is 9.58 Å². The third-order valence-electron chi connectivity index (χ3n) is 5.21. The number of ether oxygens (including phenoxy) is 3. The van der Waals surface area contributed by atoms with E-state index in [2.05, 4.69) is 11.7 Å². The first kappa shape index (κ1) is 30.0. The normalized spacial score (nSPS) is 15.7. The molecule has 1 saturated heterocycles. The average molecular weight is 543 g/mol. The van der Waals surface area contributed by atoms with Crippen molar-refractivity contribution in [1.29, 1.82) is 0 Å². The molecule has 0 bridgehead atoms. The molecule has 12 heteroatoms. The van der Waals surface area contributed by atoms with Crippen molar-refractivity contribution in [3.63, 3.8) is 0 Å². The van der Waals surface area contributed by atoms with E-state index in [0.717, 1.165) is 4.68 Å². The smallest absolute Gasteiger partial charge is 0.534 e. The predicted molar refractivity (Wildman–Crippen MR) is 147 cm³/mol. The molecule has 0 saturated carbocycles. The number of hydrogen-bond acceptors (Lipinski definition) is 9. The average Bonchev–Trinajstić information content (AvgIpc) is 3.21. The highest BCUT2D eigenvalue weighted by Gasteiger charge is 2.43. The van der Waals surface area contributed by atoms with Crippen molar-refractivity contribution in [2.24, 2.45) is 0 Å². The number of aromatic nitrogens is 2. The Labute approximate surface area is 229 Å². The SMILES string of the molecule is C=C1OB(c2ccc3c(N(C(=O)OC(C)(C)C)C(=O)OC(C)(C)C)nn(C(=O)OC(C)(C)C)c3c2)OC1(C)C. The summed E-state index contributed by atoms with van der Waals surface area (Å²) >= 11 is 0. The number of carbonyl (C=O) groups excluding carboxylic acids is 3. The van der Waals surface area contributed by atoms with Crippen molar-refractivity contribution < 1.29 is 37.9 Å². The summed E-state index contributed by atoms with van der Waals surface area (Å²) in [5.41, 5.74) is -2.62. The number of fused-ring (bicyclic) bond motifs is 1. The molecule has 212 valence electrons. The lowest BCUT2D eigenvalue weighted by molar-refractivity contribution is 0.0421. The van der Waals surface area contributed by atoms with Gasteiger partial charge in [-0.15, -0.1) is 5.10 Å². The van der Waals surface area contributed by atoms with E-state index in [-0.39, 0.29) is 16.7 Å². The monoisotopic (exact) mass is 543 g/mol. The van der Waals surface area contributed by atoms with Crippen molar-refractivity contribution in [2.45, 2.75) is 98.6 Å². The first-order valence-electron chi connectivity index (χ1n) is 12.6. The van der Waals surface area contributed by atoms with Gasteiger partial charge in [-0.1, -0.05) is 12.6 Å². The minimum atomic E-state index is -1.02. The number of amides is 2. The van der Waals surface area contributed by atoms with Gasteiger partial charge >= 0.3 is 25.4 Å². The van der Waals surface area contributed by atoms with Crippen LogP contribution in [0.15, 0.2) is 30.5 Å². The minimum absolute atomic E-state index is 0.163. The van der Waals surface area contributed by atoms with Gasteiger partial charge in [-0.05, 0) is 93.8 Å². The van der Waals surface area contributed by atoms with Gasteiger partial charge in [0, 0.05) is 5.39 Å². The van der Waals surface area contributed by atoms with Gasteiger partial charge in [-0.3, -0.25) is 0 Å². The second-order valence-electron chi connectivity index (χ2n) is 12.8. The summed E-state index contributed by atoms with van der Waals surface area (Å²) in [5.74, 6) is 0.291. The zero-order chi connectivity index (χ0) is 29.7. The molecule has 1 aromatic carbocycles. The van der Waals surface area contributed by atoms with Gasteiger partial charge in [-0.25, -0.2) is 14.4 Å². The molecule has 3 rings (SSSR count). The van der Waals surface area contributed by atoms with Crippen LogP contribution in [0.2, 0.25) is 0 Å². The second kappa shape index (κ2) is 9.89. The highest BCUT2D eigenvalue weighted by atomic mass is 16.7. The molecule has 11 nitrogen and oxygen atoms in total. The number of benzene rings is 1. The first-order valence-corrected chi connectivity index (χ1v) is 12.6. The molecular weight excluding hydrogens is 505 g/mol. The van der Waals surface area contributed by atoms with E-state index < -0.39 is 47.8 Å². The molecule has 2 amide bonds. The van der Waals surface area contributed by atoms with E-state index >= 15 is 0 Å². The quantitative estimate of drug-likeness (QED) is 0.356. The maximum atomic E-state index is 13.3. The maximum absolute atomic E-state index is 13.3. The Hall–Kier alpha value is -3.54. The standard InChI is InChI=1S/C27H38BN3O8/c1-16-27(11,12)39-28(38-16)17-13-14-18-19(15-17)31(23(34)37-26(8,9)10)29-20(18)30(21(32)35-24(2,3)4)22(33)36-25(5,6)7/h13-15H,1H2,2-12H3. The number of imide groups is 1. The lowest BCUT2D eigenvalue weighted by atomic mass is 9.79. The number of rotatable bonds is 2. The van der Waals surface area contributed by atoms with Crippen molar-refractivity contribution >= 4 is 47.6 Å². The molecule has 1 aliphatic rings. The van der Waals surface area contributed by atoms with E-state index in [1.165, 1.54) is 0 Å². The summed E-state index contributed by atoms with van der Waals surface area (Å²) in [6.45, 7) is 22.7. The number of anilines is 1. The topological polar surface area (TPSA) is 118 Å². The molecular formula is C27H38BN3O8. The maximum Gasteiger partial charge on any atom is 0.563 e. The van der Waals surface area contributed by atoms with Gasteiger partial charge < -0.3 is 23.5 Å². The summed E-state index contributed by atoms with van der Waals surface area (Å²) in [4.78, 5) is 40.5. The number of nitrogens with zero attached hydrogens (tertiary/aromatic N) is 3. The van der Waals surface area contributed by atoms with Crippen LogP contribution >= 0.6 is 0 Å². The molecule has 0 unspecified atom stereocenters. The largest absolute Gasteiger partial charge is 0.563 e. The first-order chi connectivity index (χ1) is 17.6. The molecule has 1 aliphatic heterocycles. The minimum Gasteiger partial charge on any atom is -0.534 e. The Kier molecular flexibility index (Phi) is 7.61. The van der Waals surface area contributed by atoms with Crippen molar-refractivity contribution in [3.8, 4) is 0 Å². The fourth-order valence-corrected chi connectivity index (χ4v) is 3.50. The Morgan fingerprint density at radius 1 is 0.923 bits per heavy atom. The highest BCUT2D eigenvalue weighted by molar-refractivity contribution is 6.62. The van der Waals surface area contributed by atoms with E-state index in [9.17, 15) is 14.4 Å². The Balaban J connectivity index is 2.22. The van der Waals surface area contributed by atoms with Crippen LogP contribution in [-0.4, -0.2) is 57.6 Å². The van der Waals surface area contributed by atoms with Crippen molar-refractivity contribution in [1.82, 2.24) is 9.78 Å². The van der Waals surface area contributed by atoms with Crippen LogP contribution in [0.4, 0.5) is 20.2 Å².